The Balaban J connectivity index is 2.20. The highest BCUT2D eigenvalue weighted by molar-refractivity contribution is 5.68. The molecule has 4 nitrogen and oxygen atoms in total. The second kappa shape index (κ2) is 9.26. The standard InChI is InChI=1S/C20H26O4/c1-15(21)23-19(14-13-17-9-5-3-6-10-17)20(24-16(2)22)18-11-7-4-8-12-18/h3,5-6,9-10,13-14,18-20H,4,7-8,11-12H2,1-2H3/b14-13+/t19-,20+/m0/s1. The fourth-order valence-electron chi connectivity index (χ4n) is 3.26. The van der Waals surface area contributed by atoms with Gasteiger partial charge in [0.2, 0.25) is 0 Å². The summed E-state index contributed by atoms with van der Waals surface area (Å²) in [5.74, 6) is -0.478. The summed E-state index contributed by atoms with van der Waals surface area (Å²) >= 11 is 0. The minimum atomic E-state index is -0.560. The second-order valence-corrected chi connectivity index (χ2v) is 6.32. The van der Waals surface area contributed by atoms with Crippen LogP contribution < -0.4 is 0 Å². The summed E-state index contributed by atoms with van der Waals surface area (Å²) in [6, 6.07) is 9.80. The first-order chi connectivity index (χ1) is 11.6. The molecule has 4 heteroatoms. The summed E-state index contributed by atoms with van der Waals surface area (Å²) < 4.78 is 11.1. The number of benzene rings is 1. The first kappa shape index (κ1) is 18.2. The van der Waals surface area contributed by atoms with Crippen molar-refractivity contribution in [3.63, 3.8) is 0 Å². The van der Waals surface area contributed by atoms with E-state index in [4.69, 9.17) is 9.47 Å². The normalized spacial score (nSPS) is 18.1. The Hall–Kier alpha value is -2.10. The van der Waals surface area contributed by atoms with E-state index in [1.165, 1.54) is 20.3 Å². The van der Waals surface area contributed by atoms with Crippen LogP contribution in [0.15, 0.2) is 36.4 Å². The van der Waals surface area contributed by atoms with Crippen LogP contribution in [0.1, 0.15) is 51.5 Å². The summed E-state index contributed by atoms with van der Waals surface area (Å²) in [5, 5.41) is 0. The van der Waals surface area contributed by atoms with E-state index in [0.717, 1.165) is 31.2 Å². The first-order valence-electron chi connectivity index (χ1n) is 8.64. The van der Waals surface area contributed by atoms with Gasteiger partial charge in [0, 0.05) is 13.8 Å². The van der Waals surface area contributed by atoms with E-state index in [0.29, 0.717) is 0 Å². The molecule has 0 bridgehead atoms. The van der Waals surface area contributed by atoms with Crippen molar-refractivity contribution < 1.29 is 19.1 Å². The summed E-state index contributed by atoms with van der Waals surface area (Å²) in [6.45, 7) is 2.79. The highest BCUT2D eigenvalue weighted by Gasteiger charge is 2.33. The number of hydrogen-bond acceptors (Lipinski definition) is 4. The van der Waals surface area contributed by atoms with Crippen molar-refractivity contribution in [3.05, 3.63) is 42.0 Å². The maximum Gasteiger partial charge on any atom is 0.303 e. The molecule has 1 aromatic rings. The lowest BCUT2D eigenvalue weighted by Crippen LogP contribution is -2.39. The number of carbonyl (C=O) groups excluding carboxylic acids is 2. The number of rotatable bonds is 6. The van der Waals surface area contributed by atoms with E-state index < -0.39 is 12.2 Å². The van der Waals surface area contributed by atoms with E-state index in [2.05, 4.69) is 0 Å². The molecule has 0 saturated heterocycles. The molecule has 2 atom stereocenters. The van der Waals surface area contributed by atoms with Crippen LogP contribution in [-0.4, -0.2) is 24.1 Å². The van der Waals surface area contributed by atoms with Gasteiger partial charge in [-0.3, -0.25) is 9.59 Å². The van der Waals surface area contributed by atoms with Gasteiger partial charge in [0.15, 0.2) is 6.10 Å². The van der Waals surface area contributed by atoms with Crippen molar-refractivity contribution >= 4 is 18.0 Å². The van der Waals surface area contributed by atoms with Crippen molar-refractivity contribution in [1.29, 1.82) is 0 Å². The van der Waals surface area contributed by atoms with Crippen LogP contribution in [0.3, 0.4) is 0 Å². The first-order valence-corrected chi connectivity index (χ1v) is 8.64. The van der Waals surface area contributed by atoms with Crippen molar-refractivity contribution in [3.8, 4) is 0 Å². The van der Waals surface area contributed by atoms with Crippen LogP contribution in [0, 0.1) is 5.92 Å². The molecule has 130 valence electrons. The third-order valence-corrected chi connectivity index (χ3v) is 4.32. The predicted molar refractivity (Wildman–Crippen MR) is 93.2 cm³/mol. The highest BCUT2D eigenvalue weighted by atomic mass is 16.6. The minimum absolute atomic E-state index is 0.229. The second-order valence-electron chi connectivity index (χ2n) is 6.32. The minimum Gasteiger partial charge on any atom is -0.458 e. The van der Waals surface area contributed by atoms with Gasteiger partial charge in [-0.05, 0) is 30.4 Å². The summed E-state index contributed by atoms with van der Waals surface area (Å²) in [7, 11) is 0. The number of carbonyl (C=O) groups is 2. The number of hydrogen-bond donors (Lipinski definition) is 0. The molecule has 0 N–H and O–H groups in total. The molecule has 2 rings (SSSR count). The zero-order valence-corrected chi connectivity index (χ0v) is 14.4. The molecule has 1 saturated carbocycles. The third-order valence-electron chi connectivity index (χ3n) is 4.32. The fourth-order valence-corrected chi connectivity index (χ4v) is 3.26. The van der Waals surface area contributed by atoms with E-state index in [1.807, 2.05) is 42.5 Å². The molecule has 0 unspecified atom stereocenters. The summed E-state index contributed by atoms with van der Waals surface area (Å²) in [5.41, 5.74) is 1.01. The van der Waals surface area contributed by atoms with Gasteiger partial charge in [-0.25, -0.2) is 0 Å². The summed E-state index contributed by atoms with van der Waals surface area (Å²) in [6.07, 6.45) is 8.20. The monoisotopic (exact) mass is 330 g/mol. The molecule has 1 fully saturated rings. The van der Waals surface area contributed by atoms with Crippen LogP contribution in [0.4, 0.5) is 0 Å². The Morgan fingerprint density at radius 1 is 1.00 bits per heavy atom. The van der Waals surface area contributed by atoms with Gasteiger partial charge >= 0.3 is 11.9 Å². The Morgan fingerprint density at radius 2 is 1.62 bits per heavy atom. The van der Waals surface area contributed by atoms with Crippen molar-refractivity contribution in [2.24, 2.45) is 5.92 Å². The molecule has 0 aliphatic heterocycles. The maximum absolute atomic E-state index is 11.6. The molecular weight excluding hydrogens is 304 g/mol. The molecule has 0 spiro atoms. The Kier molecular flexibility index (Phi) is 7.04. The van der Waals surface area contributed by atoms with Crippen LogP contribution in [0.5, 0.6) is 0 Å². The van der Waals surface area contributed by atoms with Crippen LogP contribution in [0.25, 0.3) is 6.08 Å². The van der Waals surface area contributed by atoms with Gasteiger partial charge in [0.25, 0.3) is 0 Å². The van der Waals surface area contributed by atoms with Crippen LogP contribution >= 0.6 is 0 Å². The van der Waals surface area contributed by atoms with Crippen molar-refractivity contribution in [2.75, 3.05) is 0 Å². The average Bonchev–Trinajstić information content (AvgIpc) is 2.58. The molecule has 0 heterocycles. The van der Waals surface area contributed by atoms with Gasteiger partial charge < -0.3 is 9.47 Å². The van der Waals surface area contributed by atoms with Gasteiger partial charge in [-0.1, -0.05) is 55.7 Å². The lowest BCUT2D eigenvalue weighted by Gasteiger charge is -2.33. The third kappa shape index (κ3) is 5.84. The lowest BCUT2D eigenvalue weighted by molar-refractivity contribution is -0.166. The highest BCUT2D eigenvalue weighted by Crippen LogP contribution is 2.31. The molecule has 1 aromatic carbocycles. The van der Waals surface area contributed by atoms with Gasteiger partial charge in [0.05, 0.1) is 0 Å². The SMILES string of the molecule is CC(=O)O[C@@H](/C=C/c1ccccc1)[C@H](OC(C)=O)C1CCCCC1. The Bertz CT molecular complexity index is 558. The molecule has 0 radical (unpaired) electrons. The van der Waals surface area contributed by atoms with Crippen LogP contribution in [-0.2, 0) is 19.1 Å². The van der Waals surface area contributed by atoms with E-state index in [9.17, 15) is 9.59 Å². The zero-order chi connectivity index (χ0) is 17.4. The topological polar surface area (TPSA) is 52.6 Å². The van der Waals surface area contributed by atoms with Gasteiger partial charge in [-0.2, -0.15) is 0 Å². The molecule has 1 aliphatic carbocycles. The maximum atomic E-state index is 11.6. The van der Waals surface area contributed by atoms with E-state index in [1.54, 1.807) is 0 Å². The number of esters is 2. The average molecular weight is 330 g/mol. The fraction of sp³-hybridized carbons (Fsp3) is 0.500. The quantitative estimate of drug-likeness (QED) is 0.736. The number of ether oxygens (including phenoxy) is 2. The zero-order valence-electron chi connectivity index (χ0n) is 14.4. The Morgan fingerprint density at radius 3 is 2.21 bits per heavy atom. The molecule has 0 aromatic heterocycles. The predicted octanol–water partition coefficient (Wildman–Crippen LogP) is 4.14. The van der Waals surface area contributed by atoms with Crippen LogP contribution in [0.2, 0.25) is 0 Å². The largest absolute Gasteiger partial charge is 0.458 e. The van der Waals surface area contributed by atoms with E-state index >= 15 is 0 Å². The molecule has 24 heavy (non-hydrogen) atoms. The van der Waals surface area contributed by atoms with Gasteiger partial charge in [-0.15, -0.1) is 0 Å². The molecule has 0 amide bonds. The van der Waals surface area contributed by atoms with Crippen molar-refractivity contribution in [2.45, 2.75) is 58.2 Å². The summed E-state index contributed by atoms with van der Waals surface area (Å²) in [4.78, 5) is 23.1. The van der Waals surface area contributed by atoms with Crippen molar-refractivity contribution in [1.82, 2.24) is 0 Å². The molecular formula is C20H26O4. The smallest absolute Gasteiger partial charge is 0.303 e. The van der Waals surface area contributed by atoms with Gasteiger partial charge in [0.1, 0.15) is 6.10 Å². The lowest BCUT2D eigenvalue weighted by atomic mass is 9.83. The molecule has 1 aliphatic rings. The Labute approximate surface area is 143 Å². The van der Waals surface area contributed by atoms with E-state index in [-0.39, 0.29) is 17.9 Å².